The molecule has 0 aliphatic rings. The van der Waals surface area contributed by atoms with E-state index in [1.807, 2.05) is 40.8 Å². The molecule has 9 heteroatoms. The first-order valence-corrected chi connectivity index (χ1v) is 11.8. The number of carbonyl (C=O) groups excluding carboxylic acids is 1. The predicted molar refractivity (Wildman–Crippen MR) is 136 cm³/mol. The monoisotopic (exact) mass is 491 g/mol. The molecule has 0 aliphatic carbocycles. The topological polar surface area (TPSA) is 78.3 Å². The van der Waals surface area contributed by atoms with Gasteiger partial charge in [-0.05, 0) is 61.9 Å². The summed E-state index contributed by atoms with van der Waals surface area (Å²) >= 11 is 5.93. The molecule has 4 aromatic rings. The number of carbonyl (C=O) groups is 1. The van der Waals surface area contributed by atoms with Gasteiger partial charge in [0.15, 0.2) is 5.82 Å². The Kier molecular flexibility index (Phi) is 7.28. The molecule has 0 atom stereocenters. The molecule has 0 amide bonds. The van der Waals surface area contributed by atoms with Crippen LogP contribution in [0.2, 0.25) is 0 Å². The fraction of sp³-hybridized carbons (Fsp3) is 0.308. The second kappa shape index (κ2) is 10.4. The van der Waals surface area contributed by atoms with Crippen LogP contribution in [0.4, 0.5) is 0 Å². The lowest BCUT2D eigenvalue weighted by molar-refractivity contribution is 0.0599. The highest BCUT2D eigenvalue weighted by Gasteiger charge is 2.20. The standard InChI is InChI=1S/C26H29N5O3S/c1-17(2)21-10-6-7-11-23(21)31-24(19-9-8-12-27-14-19)28-30(26(31)35)16-29(4)15-20-13-22(18(3)34-20)25(32)33-5/h6-14,17H,15-16H2,1-5H3. The summed E-state index contributed by atoms with van der Waals surface area (Å²) in [4.78, 5) is 18.2. The van der Waals surface area contributed by atoms with E-state index in [1.165, 1.54) is 12.7 Å². The van der Waals surface area contributed by atoms with Gasteiger partial charge in [-0.3, -0.25) is 14.5 Å². The van der Waals surface area contributed by atoms with Crippen LogP contribution in [0.15, 0.2) is 59.3 Å². The van der Waals surface area contributed by atoms with Crippen molar-refractivity contribution in [2.45, 2.75) is 39.9 Å². The van der Waals surface area contributed by atoms with Crippen molar-refractivity contribution >= 4 is 18.2 Å². The Bertz CT molecular complexity index is 1390. The summed E-state index contributed by atoms with van der Waals surface area (Å²) in [5.41, 5.74) is 3.50. The number of para-hydroxylation sites is 1. The average Bonchev–Trinajstić information content (AvgIpc) is 3.38. The number of nitrogens with zero attached hydrogens (tertiary/aromatic N) is 5. The number of furan rings is 1. The van der Waals surface area contributed by atoms with E-state index < -0.39 is 5.97 Å². The molecule has 0 saturated heterocycles. The third-order valence-electron chi connectivity index (χ3n) is 5.73. The van der Waals surface area contributed by atoms with Crippen molar-refractivity contribution in [3.63, 3.8) is 0 Å². The van der Waals surface area contributed by atoms with Crippen molar-refractivity contribution in [2.24, 2.45) is 0 Å². The zero-order chi connectivity index (χ0) is 25.1. The first-order chi connectivity index (χ1) is 16.8. The van der Waals surface area contributed by atoms with Crippen LogP contribution in [0, 0.1) is 11.7 Å². The SMILES string of the molecule is COC(=O)c1cc(CN(C)Cn2nc(-c3cccnc3)n(-c3ccccc3C(C)C)c2=S)oc1C. The number of benzene rings is 1. The summed E-state index contributed by atoms with van der Waals surface area (Å²) in [6.07, 6.45) is 3.53. The average molecular weight is 492 g/mol. The minimum absolute atomic E-state index is 0.312. The van der Waals surface area contributed by atoms with Crippen LogP contribution in [-0.4, -0.2) is 44.4 Å². The smallest absolute Gasteiger partial charge is 0.341 e. The molecule has 182 valence electrons. The van der Waals surface area contributed by atoms with E-state index in [4.69, 9.17) is 26.5 Å². The summed E-state index contributed by atoms with van der Waals surface area (Å²) in [6.45, 7) is 6.98. The summed E-state index contributed by atoms with van der Waals surface area (Å²) in [7, 11) is 3.30. The number of methoxy groups -OCH3 is 1. The Hall–Kier alpha value is -3.56. The van der Waals surface area contributed by atoms with Gasteiger partial charge in [-0.25, -0.2) is 9.48 Å². The maximum absolute atomic E-state index is 11.9. The molecule has 1 aromatic carbocycles. The number of pyridine rings is 1. The Morgan fingerprint density at radius 1 is 1.23 bits per heavy atom. The first kappa shape index (κ1) is 24.6. The fourth-order valence-electron chi connectivity index (χ4n) is 4.06. The lowest BCUT2D eigenvalue weighted by Crippen LogP contribution is -2.22. The van der Waals surface area contributed by atoms with Crippen molar-refractivity contribution in [2.75, 3.05) is 14.2 Å². The van der Waals surface area contributed by atoms with E-state index in [1.54, 1.807) is 30.1 Å². The van der Waals surface area contributed by atoms with E-state index in [-0.39, 0.29) is 0 Å². The molecule has 3 aromatic heterocycles. The second-order valence-electron chi connectivity index (χ2n) is 8.73. The van der Waals surface area contributed by atoms with E-state index in [0.29, 0.717) is 41.0 Å². The number of aryl methyl sites for hydroxylation is 1. The van der Waals surface area contributed by atoms with Gasteiger partial charge in [0.2, 0.25) is 4.77 Å². The number of ether oxygens (including phenoxy) is 1. The molecule has 8 nitrogen and oxygen atoms in total. The molecular formula is C26H29N5O3S. The predicted octanol–water partition coefficient (Wildman–Crippen LogP) is 5.37. The number of esters is 1. The molecule has 3 heterocycles. The Balaban J connectivity index is 1.71. The summed E-state index contributed by atoms with van der Waals surface area (Å²) < 4.78 is 15.0. The van der Waals surface area contributed by atoms with Gasteiger partial charge >= 0.3 is 5.97 Å². The molecule has 4 rings (SSSR count). The highest BCUT2D eigenvalue weighted by atomic mass is 32.1. The third kappa shape index (κ3) is 5.11. The molecular weight excluding hydrogens is 462 g/mol. The van der Waals surface area contributed by atoms with Crippen LogP contribution >= 0.6 is 12.2 Å². The van der Waals surface area contributed by atoms with Gasteiger partial charge in [0.25, 0.3) is 0 Å². The van der Waals surface area contributed by atoms with Crippen molar-refractivity contribution < 1.29 is 13.9 Å². The van der Waals surface area contributed by atoms with Gasteiger partial charge in [0, 0.05) is 18.0 Å². The number of hydrogen-bond donors (Lipinski definition) is 0. The van der Waals surface area contributed by atoms with Gasteiger partial charge in [0.05, 0.1) is 26.0 Å². The molecule has 0 bridgehead atoms. The van der Waals surface area contributed by atoms with E-state index >= 15 is 0 Å². The Morgan fingerprint density at radius 2 is 2.00 bits per heavy atom. The van der Waals surface area contributed by atoms with Gasteiger partial charge < -0.3 is 9.15 Å². The lowest BCUT2D eigenvalue weighted by atomic mass is 10.0. The largest absolute Gasteiger partial charge is 0.465 e. The molecule has 0 aliphatic heterocycles. The first-order valence-electron chi connectivity index (χ1n) is 11.4. The van der Waals surface area contributed by atoms with Crippen molar-refractivity contribution in [3.05, 3.63) is 82.3 Å². The minimum Gasteiger partial charge on any atom is -0.465 e. The van der Waals surface area contributed by atoms with Gasteiger partial charge in [0.1, 0.15) is 17.1 Å². The molecule has 0 radical (unpaired) electrons. The Labute approximate surface area is 209 Å². The lowest BCUT2D eigenvalue weighted by Gasteiger charge is -2.16. The van der Waals surface area contributed by atoms with Crippen LogP contribution in [0.1, 0.15) is 47.2 Å². The molecule has 0 spiro atoms. The highest BCUT2D eigenvalue weighted by molar-refractivity contribution is 7.71. The molecule has 0 saturated carbocycles. The fourth-order valence-corrected chi connectivity index (χ4v) is 4.34. The van der Waals surface area contributed by atoms with Crippen molar-refractivity contribution in [1.29, 1.82) is 0 Å². The number of rotatable bonds is 8. The summed E-state index contributed by atoms with van der Waals surface area (Å²) in [6, 6.07) is 13.8. The van der Waals surface area contributed by atoms with E-state index in [2.05, 4.69) is 31.0 Å². The molecule has 0 unspecified atom stereocenters. The summed E-state index contributed by atoms with van der Waals surface area (Å²) in [5, 5.41) is 4.89. The number of hydrogen-bond acceptors (Lipinski definition) is 7. The third-order valence-corrected chi connectivity index (χ3v) is 6.13. The van der Waals surface area contributed by atoms with Crippen LogP contribution in [0.5, 0.6) is 0 Å². The highest BCUT2D eigenvalue weighted by Crippen LogP contribution is 2.28. The second-order valence-corrected chi connectivity index (χ2v) is 9.09. The molecule has 0 N–H and O–H groups in total. The maximum Gasteiger partial charge on any atom is 0.341 e. The van der Waals surface area contributed by atoms with E-state index in [0.717, 1.165) is 17.1 Å². The van der Waals surface area contributed by atoms with Gasteiger partial charge in [-0.2, -0.15) is 0 Å². The normalized spacial score (nSPS) is 11.4. The van der Waals surface area contributed by atoms with Crippen molar-refractivity contribution in [3.8, 4) is 17.1 Å². The molecule has 0 fully saturated rings. The van der Waals surface area contributed by atoms with Crippen LogP contribution < -0.4 is 0 Å². The van der Waals surface area contributed by atoms with Gasteiger partial charge in [-0.1, -0.05) is 32.0 Å². The quantitative estimate of drug-likeness (QED) is 0.242. The number of aromatic nitrogens is 4. The molecule has 35 heavy (non-hydrogen) atoms. The minimum atomic E-state index is -0.411. The van der Waals surface area contributed by atoms with Crippen LogP contribution in [0.25, 0.3) is 17.1 Å². The van der Waals surface area contributed by atoms with Crippen LogP contribution in [-0.2, 0) is 18.0 Å². The zero-order valence-corrected chi connectivity index (χ0v) is 21.4. The summed E-state index contributed by atoms with van der Waals surface area (Å²) in [5.74, 6) is 1.82. The van der Waals surface area contributed by atoms with E-state index in [9.17, 15) is 4.79 Å². The Morgan fingerprint density at radius 3 is 2.69 bits per heavy atom. The van der Waals surface area contributed by atoms with Gasteiger partial charge in [-0.15, -0.1) is 5.10 Å². The van der Waals surface area contributed by atoms with Crippen LogP contribution in [0.3, 0.4) is 0 Å². The maximum atomic E-state index is 11.9. The van der Waals surface area contributed by atoms with Crippen molar-refractivity contribution in [1.82, 2.24) is 24.2 Å². The zero-order valence-electron chi connectivity index (χ0n) is 20.6.